The second-order valence-electron chi connectivity index (χ2n) is 4.36. The Balaban J connectivity index is 2.26. The molecule has 2 aromatic carbocycles. The number of hydrogen-bond donors (Lipinski definition) is 0. The zero-order valence-electron chi connectivity index (χ0n) is 10.2. The Morgan fingerprint density at radius 2 is 1.68 bits per heavy atom. The summed E-state index contributed by atoms with van der Waals surface area (Å²) in [6.45, 7) is 0. The molecule has 2 nitrogen and oxygen atoms in total. The predicted octanol–water partition coefficient (Wildman–Crippen LogP) is 2.59. The summed E-state index contributed by atoms with van der Waals surface area (Å²) in [6, 6.07) is 12.0. The smallest absolute Gasteiger partial charge is 0.140 e. The van der Waals surface area contributed by atoms with Crippen molar-refractivity contribution in [3.05, 3.63) is 52.9 Å². The molecule has 0 atom stereocenters. The number of fused-ring (bicyclic) bond motifs is 1. The third-order valence-corrected chi connectivity index (χ3v) is 4.47. The van der Waals surface area contributed by atoms with Gasteiger partial charge in [0.2, 0.25) is 0 Å². The van der Waals surface area contributed by atoms with Crippen molar-refractivity contribution >= 4 is 49.5 Å². The van der Waals surface area contributed by atoms with Crippen molar-refractivity contribution in [1.29, 1.82) is 0 Å². The lowest BCUT2D eigenvalue weighted by atomic mass is 10.0. The van der Waals surface area contributed by atoms with Crippen molar-refractivity contribution in [2.24, 2.45) is 0 Å². The summed E-state index contributed by atoms with van der Waals surface area (Å²) in [6.07, 6.45) is 1.49. The normalized spacial score (nSPS) is 11.1. The third kappa shape index (κ3) is 2.37. The molecule has 0 unspecified atom stereocenters. The standard InChI is InChI=1S/C14H10Cl2N2Si/c15-9-3-1-8(2-4-9)10-5-11-12(6-13(10)19)17-7-18-14(11)16/h1-7H,19H3. The van der Waals surface area contributed by atoms with Crippen LogP contribution in [0.15, 0.2) is 42.7 Å². The number of rotatable bonds is 1. The highest BCUT2D eigenvalue weighted by atomic mass is 35.5. The van der Waals surface area contributed by atoms with E-state index in [0.29, 0.717) is 5.15 Å². The molecule has 0 aliphatic rings. The number of nitrogens with zero attached hydrogens (tertiary/aromatic N) is 2. The molecule has 0 radical (unpaired) electrons. The molecule has 19 heavy (non-hydrogen) atoms. The topological polar surface area (TPSA) is 25.8 Å². The summed E-state index contributed by atoms with van der Waals surface area (Å²) >= 11 is 12.1. The van der Waals surface area contributed by atoms with Gasteiger partial charge in [0.05, 0.1) is 5.52 Å². The van der Waals surface area contributed by atoms with Crippen LogP contribution >= 0.6 is 23.2 Å². The first-order chi connectivity index (χ1) is 9.15. The van der Waals surface area contributed by atoms with Crippen molar-refractivity contribution in [1.82, 2.24) is 9.97 Å². The van der Waals surface area contributed by atoms with Crippen LogP contribution in [0.2, 0.25) is 10.2 Å². The van der Waals surface area contributed by atoms with Crippen LogP contribution in [0.5, 0.6) is 0 Å². The average Bonchev–Trinajstić information content (AvgIpc) is 2.40. The van der Waals surface area contributed by atoms with Crippen LogP contribution in [0.25, 0.3) is 22.0 Å². The molecule has 1 heterocycles. The van der Waals surface area contributed by atoms with Gasteiger partial charge in [-0.3, -0.25) is 0 Å². The first-order valence-electron chi connectivity index (χ1n) is 5.82. The quantitative estimate of drug-likeness (QED) is 0.510. The van der Waals surface area contributed by atoms with Gasteiger partial charge in [0.25, 0.3) is 0 Å². The lowest BCUT2D eigenvalue weighted by molar-refractivity contribution is 1.22. The van der Waals surface area contributed by atoms with Crippen LogP contribution in [0.4, 0.5) is 0 Å². The molecule has 0 aliphatic carbocycles. The molecular formula is C14H10Cl2N2Si. The molecule has 0 bridgehead atoms. The fourth-order valence-electron chi connectivity index (χ4n) is 2.12. The van der Waals surface area contributed by atoms with Crippen molar-refractivity contribution in [2.75, 3.05) is 0 Å². The fraction of sp³-hybridized carbons (Fsp3) is 0. The van der Waals surface area contributed by atoms with Gasteiger partial charge in [0.15, 0.2) is 0 Å². The van der Waals surface area contributed by atoms with Crippen molar-refractivity contribution in [3.8, 4) is 11.1 Å². The lowest BCUT2D eigenvalue weighted by Gasteiger charge is -2.09. The van der Waals surface area contributed by atoms with E-state index in [9.17, 15) is 0 Å². The van der Waals surface area contributed by atoms with Gasteiger partial charge in [-0.1, -0.05) is 40.5 Å². The molecule has 0 fully saturated rings. The molecule has 0 aliphatic heterocycles. The van der Waals surface area contributed by atoms with E-state index < -0.39 is 0 Å². The SMILES string of the molecule is [SiH3]c1cc2ncnc(Cl)c2cc1-c1ccc(Cl)cc1. The van der Waals surface area contributed by atoms with E-state index in [4.69, 9.17) is 23.2 Å². The monoisotopic (exact) mass is 304 g/mol. The van der Waals surface area contributed by atoms with Gasteiger partial charge in [-0.2, -0.15) is 0 Å². The summed E-state index contributed by atoms with van der Waals surface area (Å²) in [5.41, 5.74) is 3.20. The third-order valence-electron chi connectivity index (χ3n) is 3.09. The molecule has 3 aromatic rings. The summed E-state index contributed by atoms with van der Waals surface area (Å²) < 4.78 is 0. The van der Waals surface area contributed by atoms with Gasteiger partial charge >= 0.3 is 0 Å². The number of hydrogen-bond acceptors (Lipinski definition) is 2. The minimum absolute atomic E-state index is 0.488. The first-order valence-corrected chi connectivity index (χ1v) is 7.57. The molecular weight excluding hydrogens is 295 g/mol. The van der Waals surface area contributed by atoms with Crippen LogP contribution < -0.4 is 5.19 Å². The van der Waals surface area contributed by atoms with E-state index in [2.05, 4.69) is 22.1 Å². The molecule has 0 saturated heterocycles. The Bertz CT molecular complexity index is 757. The summed E-state index contributed by atoms with van der Waals surface area (Å²) in [7, 11) is 0.940. The van der Waals surface area contributed by atoms with E-state index in [1.54, 1.807) is 0 Å². The van der Waals surface area contributed by atoms with Crippen LogP contribution in [-0.2, 0) is 0 Å². The van der Waals surface area contributed by atoms with Crippen LogP contribution in [0.3, 0.4) is 0 Å². The predicted molar refractivity (Wildman–Crippen MR) is 84.6 cm³/mol. The minimum atomic E-state index is 0.488. The van der Waals surface area contributed by atoms with Crippen LogP contribution in [0.1, 0.15) is 0 Å². The van der Waals surface area contributed by atoms with E-state index in [-0.39, 0.29) is 0 Å². The zero-order chi connectivity index (χ0) is 13.4. The molecule has 0 saturated carbocycles. The van der Waals surface area contributed by atoms with Crippen LogP contribution in [0, 0.1) is 0 Å². The molecule has 94 valence electrons. The maximum absolute atomic E-state index is 6.13. The molecule has 1 aromatic heterocycles. The fourth-order valence-corrected chi connectivity index (χ4v) is 3.14. The van der Waals surface area contributed by atoms with Crippen molar-refractivity contribution in [3.63, 3.8) is 0 Å². The van der Waals surface area contributed by atoms with E-state index in [1.807, 2.05) is 24.3 Å². The first kappa shape index (κ1) is 12.6. The Hall–Kier alpha value is -1.42. The van der Waals surface area contributed by atoms with E-state index >= 15 is 0 Å². The summed E-state index contributed by atoms with van der Waals surface area (Å²) in [4.78, 5) is 8.29. The maximum atomic E-state index is 6.13. The van der Waals surface area contributed by atoms with E-state index in [1.165, 1.54) is 17.1 Å². The molecule has 0 spiro atoms. The van der Waals surface area contributed by atoms with Gasteiger partial charge in [-0.05, 0) is 35.4 Å². The highest BCUT2D eigenvalue weighted by Crippen LogP contribution is 2.25. The second-order valence-corrected chi connectivity index (χ2v) is 6.23. The Morgan fingerprint density at radius 3 is 2.42 bits per heavy atom. The Labute approximate surface area is 123 Å². The highest BCUT2D eigenvalue weighted by Gasteiger charge is 2.07. The van der Waals surface area contributed by atoms with Crippen molar-refractivity contribution in [2.45, 2.75) is 0 Å². The summed E-state index contributed by atoms with van der Waals surface area (Å²) in [5, 5.41) is 3.39. The maximum Gasteiger partial charge on any atom is 0.140 e. The molecule has 0 amide bonds. The van der Waals surface area contributed by atoms with Gasteiger partial charge in [0.1, 0.15) is 11.5 Å². The van der Waals surface area contributed by atoms with Crippen LogP contribution in [-0.4, -0.2) is 20.2 Å². The minimum Gasteiger partial charge on any atom is -0.236 e. The number of halogens is 2. The largest absolute Gasteiger partial charge is 0.236 e. The summed E-state index contributed by atoms with van der Waals surface area (Å²) in [5.74, 6) is 0. The molecule has 5 heteroatoms. The van der Waals surface area contributed by atoms with Gasteiger partial charge in [-0.25, -0.2) is 9.97 Å². The van der Waals surface area contributed by atoms with Gasteiger partial charge in [-0.15, -0.1) is 0 Å². The van der Waals surface area contributed by atoms with Gasteiger partial charge in [0, 0.05) is 20.7 Å². The Kier molecular flexibility index (Phi) is 3.27. The molecule has 0 N–H and O–H groups in total. The van der Waals surface area contributed by atoms with Crippen molar-refractivity contribution < 1.29 is 0 Å². The lowest BCUT2D eigenvalue weighted by Crippen LogP contribution is -2.07. The Morgan fingerprint density at radius 1 is 0.947 bits per heavy atom. The molecule has 3 rings (SSSR count). The average molecular weight is 305 g/mol. The van der Waals surface area contributed by atoms with Gasteiger partial charge < -0.3 is 0 Å². The number of aromatic nitrogens is 2. The highest BCUT2D eigenvalue weighted by molar-refractivity contribution is 6.38. The number of benzene rings is 2. The second kappa shape index (κ2) is 4.93. The zero-order valence-corrected chi connectivity index (χ0v) is 13.7. The van der Waals surface area contributed by atoms with E-state index in [0.717, 1.165) is 31.7 Å².